The molecule has 114 valence electrons. The Morgan fingerprint density at radius 3 is 2.78 bits per heavy atom. The second-order valence-corrected chi connectivity index (χ2v) is 6.23. The summed E-state index contributed by atoms with van der Waals surface area (Å²) in [5, 5.41) is 10.0. The zero-order valence-electron chi connectivity index (χ0n) is 12.9. The summed E-state index contributed by atoms with van der Waals surface area (Å²) in [7, 11) is 0. The van der Waals surface area contributed by atoms with Crippen molar-refractivity contribution in [2.45, 2.75) is 19.0 Å². The molecule has 0 unspecified atom stereocenters. The van der Waals surface area contributed by atoms with Gasteiger partial charge in [-0.3, -0.25) is 9.36 Å². The van der Waals surface area contributed by atoms with Crippen LogP contribution in [-0.2, 0) is 0 Å². The monoisotopic (exact) mass is 321 g/mol. The summed E-state index contributed by atoms with van der Waals surface area (Å²) in [4.78, 5) is 17.6. The molecule has 0 aliphatic rings. The normalized spacial score (nSPS) is 10.7. The summed E-state index contributed by atoms with van der Waals surface area (Å²) in [6.45, 7) is 3.96. The standard InChI is InChI=1S/C18H15N3OS/c1-12-7-8-13(2)16(11-12)21-17(22)14-5-3-4-6-15(14)20-18(21)23-10-9-19/h3-8,11H,10H2,1-2H3. The minimum atomic E-state index is -0.107. The lowest BCUT2D eigenvalue weighted by Crippen LogP contribution is -2.22. The third-order valence-electron chi connectivity index (χ3n) is 3.62. The molecule has 0 aliphatic carbocycles. The molecule has 0 saturated carbocycles. The van der Waals surface area contributed by atoms with Gasteiger partial charge in [0.1, 0.15) is 0 Å². The molecule has 2 aromatic carbocycles. The van der Waals surface area contributed by atoms with Gasteiger partial charge in [-0.1, -0.05) is 36.0 Å². The fourth-order valence-electron chi connectivity index (χ4n) is 2.48. The maximum absolute atomic E-state index is 13.0. The molecule has 0 bridgehead atoms. The lowest BCUT2D eigenvalue weighted by atomic mass is 10.1. The van der Waals surface area contributed by atoms with Crippen LogP contribution in [0.3, 0.4) is 0 Å². The molecule has 0 N–H and O–H groups in total. The van der Waals surface area contributed by atoms with Crippen molar-refractivity contribution in [2.24, 2.45) is 0 Å². The van der Waals surface area contributed by atoms with Crippen LogP contribution in [0, 0.1) is 25.2 Å². The Morgan fingerprint density at radius 1 is 1.22 bits per heavy atom. The van der Waals surface area contributed by atoms with Gasteiger partial charge in [0, 0.05) is 0 Å². The fourth-order valence-corrected chi connectivity index (χ4v) is 3.15. The molecule has 23 heavy (non-hydrogen) atoms. The number of nitriles is 1. The van der Waals surface area contributed by atoms with Crippen molar-refractivity contribution in [1.82, 2.24) is 9.55 Å². The molecule has 4 nitrogen and oxygen atoms in total. The van der Waals surface area contributed by atoms with Gasteiger partial charge < -0.3 is 0 Å². The first-order chi connectivity index (χ1) is 11.1. The van der Waals surface area contributed by atoms with E-state index in [1.165, 1.54) is 11.8 Å². The summed E-state index contributed by atoms with van der Waals surface area (Å²) < 4.78 is 1.62. The first kappa shape index (κ1) is 15.3. The Morgan fingerprint density at radius 2 is 2.00 bits per heavy atom. The van der Waals surface area contributed by atoms with Crippen molar-refractivity contribution < 1.29 is 0 Å². The van der Waals surface area contributed by atoms with E-state index in [1.807, 2.05) is 50.2 Å². The zero-order chi connectivity index (χ0) is 16.4. The number of hydrogen-bond donors (Lipinski definition) is 0. The predicted molar refractivity (Wildman–Crippen MR) is 93.2 cm³/mol. The highest BCUT2D eigenvalue weighted by Gasteiger charge is 2.14. The van der Waals surface area contributed by atoms with Crippen LogP contribution in [0.1, 0.15) is 11.1 Å². The van der Waals surface area contributed by atoms with E-state index in [4.69, 9.17) is 5.26 Å². The smallest absolute Gasteiger partial charge is 0.266 e. The van der Waals surface area contributed by atoms with Crippen molar-refractivity contribution in [3.05, 3.63) is 63.9 Å². The van der Waals surface area contributed by atoms with Crippen LogP contribution in [0.2, 0.25) is 0 Å². The fraction of sp³-hybridized carbons (Fsp3) is 0.167. The van der Waals surface area contributed by atoms with Gasteiger partial charge in [0.2, 0.25) is 0 Å². The van der Waals surface area contributed by atoms with Crippen LogP contribution in [0.4, 0.5) is 0 Å². The summed E-state index contributed by atoms with van der Waals surface area (Å²) in [6, 6.07) is 15.4. The van der Waals surface area contributed by atoms with E-state index < -0.39 is 0 Å². The number of aromatic nitrogens is 2. The van der Waals surface area contributed by atoms with E-state index in [1.54, 1.807) is 10.6 Å². The minimum Gasteiger partial charge on any atom is -0.268 e. The molecular weight excluding hydrogens is 306 g/mol. The highest BCUT2D eigenvalue weighted by atomic mass is 32.2. The Kier molecular flexibility index (Phi) is 4.18. The van der Waals surface area contributed by atoms with Crippen LogP contribution >= 0.6 is 11.8 Å². The van der Waals surface area contributed by atoms with Crippen molar-refractivity contribution >= 4 is 22.7 Å². The number of hydrogen-bond acceptors (Lipinski definition) is 4. The Labute approximate surface area is 138 Å². The largest absolute Gasteiger partial charge is 0.268 e. The summed E-state index contributed by atoms with van der Waals surface area (Å²) in [5.41, 5.74) is 3.42. The van der Waals surface area contributed by atoms with Crippen LogP contribution < -0.4 is 5.56 Å². The SMILES string of the molecule is Cc1ccc(C)c(-n2c(SCC#N)nc3ccccc3c2=O)c1. The van der Waals surface area contributed by atoms with Crippen LogP contribution in [-0.4, -0.2) is 15.3 Å². The van der Waals surface area contributed by atoms with Crippen LogP contribution in [0.25, 0.3) is 16.6 Å². The van der Waals surface area contributed by atoms with E-state index >= 15 is 0 Å². The molecule has 0 saturated heterocycles. The first-order valence-electron chi connectivity index (χ1n) is 7.21. The van der Waals surface area contributed by atoms with Gasteiger partial charge in [0.15, 0.2) is 5.16 Å². The molecule has 0 aliphatic heterocycles. The lowest BCUT2D eigenvalue weighted by molar-refractivity contribution is 0.814. The molecule has 0 atom stereocenters. The molecule has 0 fully saturated rings. The minimum absolute atomic E-state index is 0.107. The van der Waals surface area contributed by atoms with Crippen molar-refractivity contribution in [3.8, 4) is 11.8 Å². The highest BCUT2D eigenvalue weighted by Crippen LogP contribution is 2.23. The molecule has 1 aromatic heterocycles. The summed E-state index contributed by atoms with van der Waals surface area (Å²) in [5.74, 6) is 0.246. The van der Waals surface area contributed by atoms with E-state index in [9.17, 15) is 4.79 Å². The summed E-state index contributed by atoms with van der Waals surface area (Å²) in [6.07, 6.45) is 0. The van der Waals surface area contributed by atoms with Gasteiger partial charge in [-0.25, -0.2) is 4.98 Å². The Balaban J connectivity index is 2.37. The van der Waals surface area contributed by atoms with Gasteiger partial charge in [0.25, 0.3) is 5.56 Å². The maximum Gasteiger partial charge on any atom is 0.266 e. The van der Waals surface area contributed by atoms with Gasteiger partial charge in [-0.15, -0.1) is 0 Å². The van der Waals surface area contributed by atoms with Gasteiger partial charge >= 0.3 is 0 Å². The van der Waals surface area contributed by atoms with Gasteiger partial charge in [-0.2, -0.15) is 5.26 Å². The molecule has 0 amide bonds. The number of benzene rings is 2. The molecule has 3 aromatic rings. The Hall–Kier alpha value is -2.58. The Bertz CT molecular complexity index is 986. The van der Waals surface area contributed by atoms with Crippen molar-refractivity contribution in [3.63, 3.8) is 0 Å². The highest BCUT2D eigenvalue weighted by molar-refractivity contribution is 7.99. The topological polar surface area (TPSA) is 58.7 Å². The molecule has 1 heterocycles. The number of fused-ring (bicyclic) bond motifs is 1. The molecule has 5 heteroatoms. The molecule has 0 spiro atoms. The van der Waals surface area contributed by atoms with E-state index in [2.05, 4.69) is 11.1 Å². The third kappa shape index (κ3) is 2.86. The first-order valence-corrected chi connectivity index (χ1v) is 8.19. The second-order valence-electron chi connectivity index (χ2n) is 5.29. The number of para-hydroxylation sites is 1. The van der Waals surface area contributed by atoms with E-state index in [0.29, 0.717) is 16.1 Å². The molecular formula is C18H15N3OS. The quantitative estimate of drug-likeness (QED) is 0.546. The second kappa shape index (κ2) is 6.27. The third-order valence-corrected chi connectivity index (χ3v) is 4.42. The lowest BCUT2D eigenvalue weighted by Gasteiger charge is -2.15. The average Bonchev–Trinajstić information content (AvgIpc) is 2.56. The van der Waals surface area contributed by atoms with E-state index in [0.717, 1.165) is 16.8 Å². The zero-order valence-corrected chi connectivity index (χ0v) is 13.7. The van der Waals surface area contributed by atoms with Crippen molar-refractivity contribution in [2.75, 3.05) is 5.75 Å². The number of aryl methyl sites for hydroxylation is 2. The predicted octanol–water partition coefficient (Wildman–Crippen LogP) is 3.62. The average molecular weight is 321 g/mol. The van der Waals surface area contributed by atoms with Crippen LogP contribution in [0.5, 0.6) is 0 Å². The van der Waals surface area contributed by atoms with Gasteiger partial charge in [0.05, 0.1) is 28.4 Å². The van der Waals surface area contributed by atoms with Gasteiger partial charge in [-0.05, 0) is 43.2 Å². The number of thioether (sulfide) groups is 1. The number of rotatable bonds is 3. The molecule has 3 rings (SSSR count). The van der Waals surface area contributed by atoms with Crippen LogP contribution in [0.15, 0.2) is 52.4 Å². The maximum atomic E-state index is 13.0. The molecule has 0 radical (unpaired) electrons. The summed E-state index contributed by atoms with van der Waals surface area (Å²) >= 11 is 1.28. The van der Waals surface area contributed by atoms with E-state index in [-0.39, 0.29) is 11.3 Å². The number of nitrogens with zero attached hydrogens (tertiary/aromatic N) is 3. The van der Waals surface area contributed by atoms with Crippen molar-refractivity contribution in [1.29, 1.82) is 5.26 Å².